The summed E-state index contributed by atoms with van der Waals surface area (Å²) in [6.45, 7) is 12.0. The van der Waals surface area contributed by atoms with Crippen molar-refractivity contribution in [1.29, 1.82) is 0 Å². The summed E-state index contributed by atoms with van der Waals surface area (Å²) < 4.78 is 28.2. The van der Waals surface area contributed by atoms with E-state index in [4.69, 9.17) is 23.5 Å². The Labute approximate surface area is 149 Å². The Morgan fingerprint density at radius 3 is 2.28 bits per heavy atom. The predicted molar refractivity (Wildman–Crippen MR) is 95.4 cm³/mol. The number of methoxy groups -OCH3 is 1. The van der Waals surface area contributed by atoms with E-state index in [1.165, 1.54) is 7.11 Å². The molecule has 0 aliphatic carbocycles. The highest BCUT2D eigenvalue weighted by Gasteiger charge is 2.51. The van der Waals surface area contributed by atoms with Crippen LogP contribution in [0.5, 0.6) is 11.5 Å². The highest BCUT2D eigenvalue weighted by molar-refractivity contribution is 6.62. The van der Waals surface area contributed by atoms with Crippen LogP contribution in [0.25, 0.3) is 0 Å². The van der Waals surface area contributed by atoms with Crippen molar-refractivity contribution in [3.63, 3.8) is 0 Å². The number of hydrogen-bond acceptors (Lipinski definition) is 6. The third kappa shape index (κ3) is 4.10. The van der Waals surface area contributed by atoms with Gasteiger partial charge >= 0.3 is 13.1 Å². The highest BCUT2D eigenvalue weighted by Crippen LogP contribution is 2.37. The van der Waals surface area contributed by atoms with E-state index in [0.717, 1.165) is 5.46 Å². The van der Waals surface area contributed by atoms with Crippen LogP contribution >= 0.6 is 0 Å². The second-order valence-electron chi connectivity index (χ2n) is 7.01. The van der Waals surface area contributed by atoms with Gasteiger partial charge in [0.25, 0.3) is 0 Å². The van der Waals surface area contributed by atoms with Crippen LogP contribution in [0.15, 0.2) is 18.2 Å². The number of rotatable bonds is 6. The van der Waals surface area contributed by atoms with E-state index in [1.54, 1.807) is 13.0 Å². The lowest BCUT2D eigenvalue weighted by molar-refractivity contribution is -0.147. The quantitative estimate of drug-likeness (QED) is 0.580. The molecule has 0 saturated carbocycles. The number of carbonyl (C=O) groups is 1. The van der Waals surface area contributed by atoms with Gasteiger partial charge in [0.1, 0.15) is 0 Å². The third-order valence-electron chi connectivity index (χ3n) is 4.63. The maximum Gasteiger partial charge on any atom is 0.494 e. The number of carbonyl (C=O) groups excluding carboxylic acids is 1. The zero-order chi connectivity index (χ0) is 18.8. The molecule has 0 spiro atoms. The molecule has 1 aliphatic rings. The van der Waals surface area contributed by atoms with E-state index in [2.05, 4.69) is 0 Å². The molecule has 1 atom stereocenters. The van der Waals surface area contributed by atoms with Gasteiger partial charge in [-0.1, -0.05) is 6.07 Å². The van der Waals surface area contributed by atoms with E-state index in [9.17, 15) is 4.79 Å². The van der Waals surface area contributed by atoms with Gasteiger partial charge in [-0.3, -0.25) is 0 Å². The molecule has 1 aliphatic heterocycles. The number of esters is 1. The lowest BCUT2D eigenvalue weighted by atomic mass is 9.79. The summed E-state index contributed by atoms with van der Waals surface area (Å²) in [5.41, 5.74) is -0.00378. The minimum atomic E-state index is -0.730. The van der Waals surface area contributed by atoms with Gasteiger partial charge in [-0.15, -0.1) is 0 Å². The van der Waals surface area contributed by atoms with E-state index < -0.39 is 30.4 Å². The first-order valence-electron chi connectivity index (χ1n) is 8.48. The van der Waals surface area contributed by atoms with Crippen LogP contribution in [0.2, 0.25) is 0 Å². The summed E-state index contributed by atoms with van der Waals surface area (Å²) in [6.07, 6.45) is -0.730. The Morgan fingerprint density at radius 1 is 1.16 bits per heavy atom. The van der Waals surface area contributed by atoms with Crippen LogP contribution in [-0.2, 0) is 18.8 Å². The molecular weight excluding hydrogens is 323 g/mol. The van der Waals surface area contributed by atoms with Gasteiger partial charge in [-0.25, -0.2) is 4.79 Å². The Hall–Kier alpha value is -1.73. The first kappa shape index (κ1) is 19.6. The van der Waals surface area contributed by atoms with Crippen molar-refractivity contribution >= 4 is 18.6 Å². The first-order chi connectivity index (χ1) is 11.6. The van der Waals surface area contributed by atoms with Gasteiger partial charge in [-0.05, 0) is 59.1 Å². The molecule has 1 heterocycles. The Balaban J connectivity index is 2.26. The largest absolute Gasteiger partial charge is 0.494 e. The fourth-order valence-corrected chi connectivity index (χ4v) is 2.42. The van der Waals surface area contributed by atoms with E-state index in [0.29, 0.717) is 18.1 Å². The summed E-state index contributed by atoms with van der Waals surface area (Å²) in [7, 11) is 0.837. The van der Waals surface area contributed by atoms with E-state index in [-0.39, 0.29) is 0 Å². The van der Waals surface area contributed by atoms with E-state index in [1.807, 2.05) is 46.8 Å². The third-order valence-corrected chi connectivity index (χ3v) is 4.63. The van der Waals surface area contributed by atoms with Crippen LogP contribution in [0, 0.1) is 0 Å². The molecule has 1 unspecified atom stereocenters. The summed E-state index contributed by atoms with van der Waals surface area (Å²) in [6, 6.07) is 5.43. The van der Waals surface area contributed by atoms with Gasteiger partial charge < -0.3 is 23.5 Å². The molecule has 138 valence electrons. The molecule has 0 amide bonds. The molecule has 25 heavy (non-hydrogen) atoms. The lowest BCUT2D eigenvalue weighted by Gasteiger charge is -2.32. The Morgan fingerprint density at radius 2 is 1.76 bits per heavy atom. The van der Waals surface area contributed by atoms with Crippen molar-refractivity contribution in [3.05, 3.63) is 18.2 Å². The van der Waals surface area contributed by atoms with E-state index >= 15 is 0 Å². The molecule has 1 aromatic rings. The van der Waals surface area contributed by atoms with Crippen molar-refractivity contribution in [2.75, 3.05) is 13.7 Å². The molecule has 7 heteroatoms. The number of ether oxygens (including phenoxy) is 3. The lowest BCUT2D eigenvalue weighted by Crippen LogP contribution is -2.41. The van der Waals surface area contributed by atoms with Crippen molar-refractivity contribution in [3.8, 4) is 11.5 Å². The maximum atomic E-state index is 11.6. The average Bonchev–Trinajstić information content (AvgIpc) is 2.76. The van der Waals surface area contributed by atoms with Crippen LogP contribution in [0.4, 0.5) is 0 Å². The molecule has 1 aromatic carbocycles. The predicted octanol–water partition coefficient (Wildman–Crippen LogP) is 2.32. The van der Waals surface area contributed by atoms with Gasteiger partial charge in [0.05, 0.1) is 24.9 Å². The Bertz CT molecular complexity index is 612. The number of benzene rings is 1. The summed E-state index contributed by atoms with van der Waals surface area (Å²) in [4.78, 5) is 11.6. The topological polar surface area (TPSA) is 63.2 Å². The van der Waals surface area contributed by atoms with Gasteiger partial charge in [0, 0.05) is 0 Å². The van der Waals surface area contributed by atoms with Crippen LogP contribution in [0.3, 0.4) is 0 Å². The molecular formula is C18H27BO6. The zero-order valence-corrected chi connectivity index (χ0v) is 16.0. The Kier molecular flexibility index (Phi) is 5.69. The zero-order valence-electron chi connectivity index (χ0n) is 16.0. The van der Waals surface area contributed by atoms with Crippen LogP contribution in [-0.4, -0.2) is 44.1 Å². The van der Waals surface area contributed by atoms with Crippen molar-refractivity contribution in [1.82, 2.24) is 0 Å². The molecule has 2 rings (SSSR count). The average molecular weight is 350 g/mol. The highest BCUT2D eigenvalue weighted by atomic mass is 16.7. The normalized spacial score (nSPS) is 19.4. The maximum absolute atomic E-state index is 11.6. The summed E-state index contributed by atoms with van der Waals surface area (Å²) in [5.74, 6) is 0.558. The van der Waals surface area contributed by atoms with Crippen molar-refractivity contribution in [2.24, 2.45) is 0 Å². The molecule has 0 radical (unpaired) electrons. The fourth-order valence-electron chi connectivity index (χ4n) is 2.42. The standard InChI is InChI=1S/C18H27BO6/c1-8-22-15-11-13(19-24-17(3,4)18(5,6)25-19)9-10-14(15)23-12(2)16(20)21-7/h9-12H,8H2,1-7H3. The summed E-state index contributed by atoms with van der Waals surface area (Å²) in [5, 5.41) is 0. The second kappa shape index (κ2) is 7.26. The van der Waals surface area contributed by atoms with Crippen LogP contribution in [0.1, 0.15) is 41.5 Å². The SMILES string of the molecule is CCOc1cc(B2OC(C)(C)C(C)(C)O2)ccc1OC(C)C(=O)OC. The molecule has 1 saturated heterocycles. The summed E-state index contributed by atoms with van der Waals surface area (Å²) >= 11 is 0. The molecule has 6 nitrogen and oxygen atoms in total. The van der Waals surface area contributed by atoms with Gasteiger partial charge in [0.2, 0.25) is 0 Å². The first-order valence-corrected chi connectivity index (χ1v) is 8.48. The second-order valence-corrected chi connectivity index (χ2v) is 7.01. The number of hydrogen-bond donors (Lipinski definition) is 0. The minimum absolute atomic E-state index is 0.419. The molecule has 1 fully saturated rings. The molecule has 0 bridgehead atoms. The smallest absolute Gasteiger partial charge is 0.490 e. The van der Waals surface area contributed by atoms with Crippen molar-refractivity contribution < 1.29 is 28.3 Å². The fraction of sp³-hybridized carbons (Fsp3) is 0.611. The van der Waals surface area contributed by atoms with Gasteiger partial charge in [-0.2, -0.15) is 0 Å². The van der Waals surface area contributed by atoms with Crippen molar-refractivity contribution in [2.45, 2.75) is 58.8 Å². The monoisotopic (exact) mass is 350 g/mol. The van der Waals surface area contributed by atoms with Gasteiger partial charge in [0.15, 0.2) is 17.6 Å². The minimum Gasteiger partial charge on any atom is -0.490 e. The van der Waals surface area contributed by atoms with Crippen LogP contribution < -0.4 is 14.9 Å². The molecule has 0 N–H and O–H groups in total. The molecule has 0 aromatic heterocycles.